The van der Waals surface area contributed by atoms with E-state index in [0.717, 1.165) is 25.3 Å². The molecule has 6 heteroatoms. The van der Waals surface area contributed by atoms with Crippen LogP contribution in [0.4, 0.5) is 4.39 Å². The second kappa shape index (κ2) is 7.57. The molecule has 0 atom stereocenters. The topological polar surface area (TPSA) is 57.6 Å². The third-order valence-electron chi connectivity index (χ3n) is 2.79. The number of aliphatic hydroxyl groups is 1. The quantitative estimate of drug-likeness (QED) is 0.745. The van der Waals surface area contributed by atoms with Gasteiger partial charge in [-0.2, -0.15) is 4.31 Å². The predicted octanol–water partition coefficient (Wildman–Crippen LogP) is 2.00. The third-order valence-corrected chi connectivity index (χ3v) is 4.69. The van der Waals surface area contributed by atoms with E-state index in [9.17, 15) is 12.8 Å². The van der Waals surface area contributed by atoms with Gasteiger partial charge in [0.2, 0.25) is 10.0 Å². The fourth-order valence-corrected chi connectivity index (χ4v) is 3.28. The third kappa shape index (κ3) is 4.56. The summed E-state index contributed by atoms with van der Waals surface area (Å²) in [6.45, 7) is 2.15. The summed E-state index contributed by atoms with van der Waals surface area (Å²) in [5.41, 5.74) is 0. The van der Waals surface area contributed by atoms with Crippen LogP contribution in [-0.4, -0.2) is 37.5 Å². The number of sulfonamides is 1. The van der Waals surface area contributed by atoms with Crippen molar-refractivity contribution in [1.82, 2.24) is 4.31 Å². The molecule has 0 fully saturated rings. The van der Waals surface area contributed by atoms with Crippen molar-refractivity contribution in [3.05, 3.63) is 30.1 Å². The lowest BCUT2D eigenvalue weighted by atomic mass is 10.2. The standard InChI is InChI=1S/C13H20FNO3S/c1-2-3-4-8-15(9-10-16)19(17,18)13-7-5-6-12(14)11-13/h5-7,11,16H,2-4,8-10H2,1H3. The van der Waals surface area contributed by atoms with Crippen LogP contribution in [0.1, 0.15) is 26.2 Å². The zero-order valence-corrected chi connectivity index (χ0v) is 11.9. The van der Waals surface area contributed by atoms with E-state index < -0.39 is 15.8 Å². The van der Waals surface area contributed by atoms with Gasteiger partial charge in [0, 0.05) is 13.1 Å². The Morgan fingerprint density at radius 1 is 1.26 bits per heavy atom. The van der Waals surface area contributed by atoms with E-state index >= 15 is 0 Å². The lowest BCUT2D eigenvalue weighted by Gasteiger charge is -2.21. The number of aliphatic hydroxyl groups excluding tert-OH is 1. The summed E-state index contributed by atoms with van der Waals surface area (Å²) in [7, 11) is -3.73. The summed E-state index contributed by atoms with van der Waals surface area (Å²) < 4.78 is 39.0. The van der Waals surface area contributed by atoms with E-state index in [4.69, 9.17) is 5.11 Å². The van der Waals surface area contributed by atoms with Gasteiger partial charge in [0.25, 0.3) is 0 Å². The Morgan fingerprint density at radius 2 is 2.00 bits per heavy atom. The van der Waals surface area contributed by atoms with Gasteiger partial charge in [0.05, 0.1) is 11.5 Å². The van der Waals surface area contributed by atoms with Crippen LogP contribution in [0.3, 0.4) is 0 Å². The van der Waals surface area contributed by atoms with E-state index in [0.29, 0.717) is 6.54 Å². The fraction of sp³-hybridized carbons (Fsp3) is 0.538. The summed E-state index contributed by atoms with van der Waals surface area (Å²) in [6.07, 6.45) is 2.62. The van der Waals surface area contributed by atoms with Crippen molar-refractivity contribution >= 4 is 10.0 Å². The van der Waals surface area contributed by atoms with Crippen molar-refractivity contribution in [3.8, 4) is 0 Å². The Bertz CT molecular complexity index is 490. The van der Waals surface area contributed by atoms with Crippen LogP contribution in [0.15, 0.2) is 29.2 Å². The van der Waals surface area contributed by atoms with E-state index in [1.165, 1.54) is 22.5 Å². The van der Waals surface area contributed by atoms with Crippen molar-refractivity contribution in [3.63, 3.8) is 0 Å². The Kier molecular flexibility index (Phi) is 6.41. The van der Waals surface area contributed by atoms with Gasteiger partial charge in [-0.25, -0.2) is 12.8 Å². The molecule has 0 aliphatic rings. The lowest BCUT2D eigenvalue weighted by Crippen LogP contribution is -2.34. The van der Waals surface area contributed by atoms with Crippen molar-refractivity contribution in [2.45, 2.75) is 31.1 Å². The van der Waals surface area contributed by atoms with E-state index in [1.54, 1.807) is 0 Å². The maximum Gasteiger partial charge on any atom is 0.243 e. The van der Waals surface area contributed by atoms with Crippen LogP contribution in [0, 0.1) is 5.82 Å². The van der Waals surface area contributed by atoms with Crippen molar-refractivity contribution in [2.24, 2.45) is 0 Å². The molecule has 0 bridgehead atoms. The lowest BCUT2D eigenvalue weighted by molar-refractivity contribution is 0.252. The largest absolute Gasteiger partial charge is 0.395 e. The number of hydrogen-bond acceptors (Lipinski definition) is 3. The molecule has 0 amide bonds. The molecule has 1 aromatic carbocycles. The maximum atomic E-state index is 13.1. The van der Waals surface area contributed by atoms with Gasteiger partial charge >= 0.3 is 0 Å². The van der Waals surface area contributed by atoms with Crippen LogP contribution in [0.25, 0.3) is 0 Å². The summed E-state index contributed by atoms with van der Waals surface area (Å²) in [5, 5.41) is 8.98. The van der Waals surface area contributed by atoms with Gasteiger partial charge in [0.1, 0.15) is 5.82 Å². The van der Waals surface area contributed by atoms with Gasteiger partial charge in [-0.15, -0.1) is 0 Å². The molecule has 0 aliphatic carbocycles. The maximum absolute atomic E-state index is 13.1. The first kappa shape index (κ1) is 16.1. The molecule has 1 rings (SSSR count). The van der Waals surface area contributed by atoms with E-state index in [-0.39, 0.29) is 18.0 Å². The van der Waals surface area contributed by atoms with E-state index in [2.05, 4.69) is 0 Å². The van der Waals surface area contributed by atoms with Gasteiger partial charge in [-0.1, -0.05) is 25.8 Å². The Morgan fingerprint density at radius 3 is 2.58 bits per heavy atom. The first-order valence-electron chi connectivity index (χ1n) is 6.39. The average Bonchev–Trinajstić information content (AvgIpc) is 2.38. The van der Waals surface area contributed by atoms with Crippen LogP contribution in [0.5, 0.6) is 0 Å². The highest BCUT2D eigenvalue weighted by Crippen LogP contribution is 2.17. The normalized spacial score (nSPS) is 12.0. The minimum atomic E-state index is -3.73. The molecule has 0 aliphatic heterocycles. The molecule has 1 aromatic rings. The zero-order chi connectivity index (χ0) is 14.3. The Balaban J connectivity index is 2.92. The van der Waals surface area contributed by atoms with Crippen LogP contribution < -0.4 is 0 Å². The van der Waals surface area contributed by atoms with Crippen LogP contribution >= 0.6 is 0 Å². The molecule has 0 spiro atoms. The second-order valence-corrected chi connectivity index (χ2v) is 6.23. The molecule has 1 N–H and O–H groups in total. The molecule has 0 unspecified atom stereocenters. The monoisotopic (exact) mass is 289 g/mol. The molecule has 0 heterocycles. The molecule has 19 heavy (non-hydrogen) atoms. The smallest absolute Gasteiger partial charge is 0.243 e. The number of unbranched alkanes of at least 4 members (excludes halogenated alkanes) is 2. The van der Waals surface area contributed by atoms with Gasteiger partial charge in [-0.3, -0.25) is 0 Å². The highest BCUT2D eigenvalue weighted by Gasteiger charge is 2.23. The van der Waals surface area contributed by atoms with Crippen molar-refractivity contribution in [1.29, 1.82) is 0 Å². The van der Waals surface area contributed by atoms with Gasteiger partial charge < -0.3 is 5.11 Å². The van der Waals surface area contributed by atoms with Crippen molar-refractivity contribution in [2.75, 3.05) is 19.7 Å². The number of hydrogen-bond donors (Lipinski definition) is 1. The van der Waals surface area contributed by atoms with Crippen LogP contribution in [-0.2, 0) is 10.0 Å². The minimum Gasteiger partial charge on any atom is -0.395 e. The zero-order valence-electron chi connectivity index (χ0n) is 11.0. The predicted molar refractivity (Wildman–Crippen MR) is 71.8 cm³/mol. The molecular weight excluding hydrogens is 269 g/mol. The summed E-state index contributed by atoms with van der Waals surface area (Å²) in [6, 6.07) is 4.93. The average molecular weight is 289 g/mol. The SMILES string of the molecule is CCCCCN(CCO)S(=O)(=O)c1cccc(F)c1. The van der Waals surface area contributed by atoms with E-state index in [1.807, 2.05) is 6.92 Å². The number of nitrogens with zero attached hydrogens (tertiary/aromatic N) is 1. The highest BCUT2D eigenvalue weighted by atomic mass is 32.2. The first-order chi connectivity index (χ1) is 9.02. The molecule has 0 saturated heterocycles. The minimum absolute atomic E-state index is 0.0303. The fourth-order valence-electron chi connectivity index (χ4n) is 1.78. The first-order valence-corrected chi connectivity index (χ1v) is 7.83. The number of benzene rings is 1. The Labute approximate surface area is 113 Å². The summed E-state index contributed by atoms with van der Waals surface area (Å²) in [5.74, 6) is -0.585. The van der Waals surface area contributed by atoms with Crippen LogP contribution in [0.2, 0.25) is 0 Å². The molecule has 0 aromatic heterocycles. The Hall–Kier alpha value is -0.980. The summed E-state index contributed by atoms with van der Waals surface area (Å²) >= 11 is 0. The molecule has 0 radical (unpaired) electrons. The van der Waals surface area contributed by atoms with Crippen molar-refractivity contribution < 1.29 is 17.9 Å². The second-order valence-electron chi connectivity index (χ2n) is 4.29. The molecular formula is C13H20FNO3S. The molecule has 4 nitrogen and oxygen atoms in total. The highest BCUT2D eigenvalue weighted by molar-refractivity contribution is 7.89. The number of rotatable bonds is 8. The van der Waals surface area contributed by atoms with Gasteiger partial charge in [0.15, 0.2) is 0 Å². The molecule has 108 valence electrons. The number of halogens is 1. The summed E-state index contributed by atoms with van der Waals surface area (Å²) in [4.78, 5) is -0.0718. The molecule has 0 saturated carbocycles. The van der Waals surface area contributed by atoms with Gasteiger partial charge in [-0.05, 0) is 24.6 Å².